The quantitative estimate of drug-likeness (QED) is 0.581. The molecule has 6 heteroatoms. The molecule has 0 aliphatic heterocycles. The highest BCUT2D eigenvalue weighted by Gasteiger charge is 2.06. The number of imidazole rings is 1. The second-order valence-electron chi connectivity index (χ2n) is 5.96. The van der Waals surface area contributed by atoms with Crippen LogP contribution in [0.2, 0.25) is 0 Å². The Labute approximate surface area is 150 Å². The van der Waals surface area contributed by atoms with Crippen LogP contribution < -0.4 is 0 Å². The van der Waals surface area contributed by atoms with Gasteiger partial charge >= 0.3 is 0 Å². The Hall–Kier alpha value is -3.09. The van der Waals surface area contributed by atoms with Crippen LogP contribution in [0.5, 0.6) is 0 Å². The molecule has 0 amide bonds. The van der Waals surface area contributed by atoms with Crippen molar-refractivity contribution in [2.75, 3.05) is 0 Å². The van der Waals surface area contributed by atoms with Crippen molar-refractivity contribution in [3.63, 3.8) is 0 Å². The van der Waals surface area contributed by atoms with E-state index in [1.54, 1.807) is 12.5 Å². The highest BCUT2D eigenvalue weighted by atomic mass is 16.5. The number of nitrogens with zero attached hydrogens (tertiary/aromatic N) is 4. The molecule has 2 aromatic carbocycles. The van der Waals surface area contributed by atoms with Gasteiger partial charge in [-0.1, -0.05) is 18.2 Å². The lowest BCUT2D eigenvalue weighted by molar-refractivity contribution is 0.104. The molecule has 0 fully saturated rings. The first-order chi connectivity index (χ1) is 12.8. The second kappa shape index (κ2) is 7.43. The van der Waals surface area contributed by atoms with E-state index >= 15 is 0 Å². The van der Waals surface area contributed by atoms with Crippen LogP contribution in [0.4, 0.5) is 0 Å². The Morgan fingerprint density at radius 1 is 0.962 bits per heavy atom. The maximum absolute atomic E-state index is 9.27. The minimum Gasteiger partial charge on any atom is -0.392 e. The van der Waals surface area contributed by atoms with Gasteiger partial charge in [-0.15, -0.1) is 0 Å². The maximum atomic E-state index is 9.27. The van der Waals surface area contributed by atoms with Crippen molar-refractivity contribution in [2.24, 2.45) is 0 Å². The fourth-order valence-electron chi connectivity index (χ4n) is 2.84. The Morgan fingerprint density at radius 2 is 1.92 bits per heavy atom. The molecule has 26 heavy (non-hydrogen) atoms. The molecule has 1 N–H and O–H groups in total. The summed E-state index contributed by atoms with van der Waals surface area (Å²) in [6, 6.07) is 15.8. The predicted molar refractivity (Wildman–Crippen MR) is 97.5 cm³/mol. The van der Waals surface area contributed by atoms with Gasteiger partial charge in [-0.3, -0.25) is 4.57 Å². The number of hydrogen-bond acceptors (Lipinski definition) is 5. The molecule has 6 nitrogen and oxygen atoms in total. The largest absolute Gasteiger partial charge is 0.392 e. The van der Waals surface area contributed by atoms with E-state index in [4.69, 9.17) is 4.74 Å². The number of aliphatic hydroxyl groups is 1. The van der Waals surface area contributed by atoms with E-state index < -0.39 is 0 Å². The third-order valence-corrected chi connectivity index (χ3v) is 4.14. The van der Waals surface area contributed by atoms with Crippen molar-refractivity contribution >= 4 is 11.0 Å². The van der Waals surface area contributed by atoms with E-state index in [1.165, 1.54) is 6.33 Å². The molecule has 0 saturated carbocycles. The van der Waals surface area contributed by atoms with Gasteiger partial charge in [0, 0.05) is 11.9 Å². The van der Waals surface area contributed by atoms with Gasteiger partial charge in [-0.25, -0.2) is 15.0 Å². The number of rotatable bonds is 6. The van der Waals surface area contributed by atoms with E-state index in [2.05, 4.69) is 21.0 Å². The van der Waals surface area contributed by atoms with Crippen molar-refractivity contribution in [3.8, 4) is 5.69 Å². The van der Waals surface area contributed by atoms with Crippen LogP contribution in [0.15, 0.2) is 67.4 Å². The summed E-state index contributed by atoms with van der Waals surface area (Å²) >= 11 is 0. The number of aliphatic hydroxyl groups excluding tert-OH is 1. The van der Waals surface area contributed by atoms with Crippen LogP contribution in [-0.2, 0) is 24.6 Å². The normalized spacial score (nSPS) is 11.1. The molecule has 130 valence electrons. The molecule has 2 aromatic heterocycles. The second-order valence-corrected chi connectivity index (χ2v) is 5.96. The minimum atomic E-state index is 0.0158. The molecule has 0 bridgehead atoms. The fraction of sp³-hybridized carbons (Fsp3) is 0.150. The Balaban J connectivity index is 1.52. The molecule has 0 aliphatic rings. The molecular formula is C20H18N4O2. The van der Waals surface area contributed by atoms with E-state index in [9.17, 15) is 5.11 Å². The highest BCUT2D eigenvalue weighted by Crippen LogP contribution is 2.20. The lowest BCUT2D eigenvalue weighted by Gasteiger charge is -2.08. The van der Waals surface area contributed by atoms with Crippen LogP contribution in [0.3, 0.4) is 0 Å². The van der Waals surface area contributed by atoms with Gasteiger partial charge in [0.25, 0.3) is 0 Å². The molecule has 0 spiro atoms. The van der Waals surface area contributed by atoms with Gasteiger partial charge in [0.15, 0.2) is 0 Å². The molecule has 4 rings (SSSR count). The zero-order valence-corrected chi connectivity index (χ0v) is 14.1. The number of benzene rings is 2. The molecular weight excluding hydrogens is 328 g/mol. The predicted octanol–water partition coefficient (Wildman–Crippen LogP) is 3.02. The smallest absolute Gasteiger partial charge is 0.115 e. The Kier molecular flexibility index (Phi) is 4.68. The number of hydrogen-bond donors (Lipinski definition) is 1. The average Bonchev–Trinajstić information content (AvgIpc) is 3.12. The van der Waals surface area contributed by atoms with Gasteiger partial charge in [0.2, 0.25) is 0 Å². The lowest BCUT2D eigenvalue weighted by Crippen LogP contribution is -1.98. The highest BCUT2D eigenvalue weighted by molar-refractivity contribution is 5.78. The third kappa shape index (κ3) is 3.46. The van der Waals surface area contributed by atoms with Crippen molar-refractivity contribution in [3.05, 3.63) is 84.2 Å². The summed E-state index contributed by atoms with van der Waals surface area (Å²) in [5.41, 5.74) is 5.67. The van der Waals surface area contributed by atoms with Crippen LogP contribution in [-0.4, -0.2) is 24.6 Å². The zero-order valence-electron chi connectivity index (χ0n) is 14.1. The van der Waals surface area contributed by atoms with Crippen molar-refractivity contribution in [1.29, 1.82) is 0 Å². The van der Waals surface area contributed by atoms with Crippen molar-refractivity contribution in [2.45, 2.75) is 19.8 Å². The number of aromatic nitrogens is 4. The van der Waals surface area contributed by atoms with Crippen LogP contribution in [0, 0.1) is 0 Å². The molecule has 0 unspecified atom stereocenters. The summed E-state index contributed by atoms with van der Waals surface area (Å²) in [5, 5.41) is 9.27. The summed E-state index contributed by atoms with van der Waals surface area (Å²) in [4.78, 5) is 12.5. The van der Waals surface area contributed by atoms with Crippen LogP contribution in [0.1, 0.15) is 16.8 Å². The maximum Gasteiger partial charge on any atom is 0.115 e. The number of ether oxygens (including phenoxy) is 1. The zero-order chi connectivity index (χ0) is 17.8. The van der Waals surface area contributed by atoms with E-state index in [1.807, 2.05) is 47.0 Å². The number of fused-ring (bicyclic) bond motifs is 1. The first-order valence-corrected chi connectivity index (χ1v) is 8.32. The topological polar surface area (TPSA) is 73.1 Å². The van der Waals surface area contributed by atoms with Crippen LogP contribution >= 0.6 is 0 Å². The van der Waals surface area contributed by atoms with Crippen molar-refractivity contribution in [1.82, 2.24) is 19.5 Å². The van der Waals surface area contributed by atoms with E-state index in [-0.39, 0.29) is 6.61 Å². The molecule has 0 saturated heterocycles. The van der Waals surface area contributed by atoms with Gasteiger partial charge in [0.05, 0.1) is 36.5 Å². The molecule has 2 heterocycles. The molecule has 0 aliphatic carbocycles. The summed E-state index contributed by atoms with van der Waals surface area (Å²) < 4.78 is 7.79. The van der Waals surface area contributed by atoms with Crippen LogP contribution in [0.25, 0.3) is 16.7 Å². The summed E-state index contributed by atoms with van der Waals surface area (Å²) in [5.74, 6) is 0. The first-order valence-electron chi connectivity index (χ1n) is 8.32. The molecule has 0 atom stereocenters. The third-order valence-electron chi connectivity index (χ3n) is 4.14. The van der Waals surface area contributed by atoms with Gasteiger partial charge in [-0.2, -0.15) is 0 Å². The van der Waals surface area contributed by atoms with Gasteiger partial charge < -0.3 is 9.84 Å². The fourth-order valence-corrected chi connectivity index (χ4v) is 2.84. The van der Waals surface area contributed by atoms with Gasteiger partial charge in [0.1, 0.15) is 12.7 Å². The SMILES string of the molecule is OCc1ccc2c(c1)ncn2-c1cccc(COCc2ccncn2)c1. The monoisotopic (exact) mass is 346 g/mol. The van der Waals surface area contributed by atoms with E-state index in [0.29, 0.717) is 13.2 Å². The standard InChI is InChI=1S/C20H18N4O2/c25-10-15-4-5-20-19(9-15)23-14-24(20)18-3-1-2-16(8-18)11-26-12-17-6-7-21-13-22-17/h1-9,13-14,25H,10-12H2. The minimum absolute atomic E-state index is 0.0158. The summed E-state index contributed by atoms with van der Waals surface area (Å²) in [6.45, 7) is 0.964. The first kappa shape index (κ1) is 16.4. The lowest BCUT2D eigenvalue weighted by atomic mass is 10.2. The van der Waals surface area contributed by atoms with Gasteiger partial charge in [-0.05, 0) is 41.5 Å². The summed E-state index contributed by atoms with van der Waals surface area (Å²) in [7, 11) is 0. The molecule has 0 radical (unpaired) electrons. The Morgan fingerprint density at radius 3 is 2.77 bits per heavy atom. The molecule has 4 aromatic rings. The summed E-state index contributed by atoms with van der Waals surface area (Å²) in [6.07, 6.45) is 5.02. The van der Waals surface area contributed by atoms with E-state index in [0.717, 1.165) is 33.5 Å². The average molecular weight is 346 g/mol. The Bertz CT molecular complexity index is 1010. The van der Waals surface area contributed by atoms with Crippen molar-refractivity contribution < 1.29 is 9.84 Å².